The summed E-state index contributed by atoms with van der Waals surface area (Å²) in [4.78, 5) is 10.5. The van der Waals surface area contributed by atoms with Gasteiger partial charge in [0.25, 0.3) is 0 Å². The molecular formula is C7H9BrO2. The van der Waals surface area contributed by atoms with Gasteiger partial charge in [0.2, 0.25) is 0 Å². The molecule has 0 atom stereocenters. The first-order valence-corrected chi connectivity index (χ1v) is 4.22. The van der Waals surface area contributed by atoms with Gasteiger partial charge < -0.3 is 4.74 Å². The van der Waals surface area contributed by atoms with Crippen LogP contribution in [0.3, 0.4) is 0 Å². The summed E-state index contributed by atoms with van der Waals surface area (Å²) in [6.45, 7) is 1.47. The lowest BCUT2D eigenvalue weighted by Gasteiger charge is -2.65. The Labute approximate surface area is 68.1 Å². The maximum atomic E-state index is 10.5. The molecule has 0 radical (unpaired) electrons. The molecule has 0 aromatic heterocycles. The average Bonchev–Trinajstić information content (AvgIpc) is 1.56. The van der Waals surface area contributed by atoms with Gasteiger partial charge in [-0.1, -0.05) is 15.9 Å². The predicted molar refractivity (Wildman–Crippen MR) is 40.0 cm³/mol. The molecule has 0 spiro atoms. The quantitative estimate of drug-likeness (QED) is 0.480. The van der Waals surface area contributed by atoms with Crippen molar-refractivity contribution in [3.05, 3.63) is 0 Å². The first-order valence-electron chi connectivity index (χ1n) is 3.42. The Balaban J connectivity index is 1.93. The van der Waals surface area contributed by atoms with E-state index in [-0.39, 0.29) is 11.6 Å². The fourth-order valence-corrected chi connectivity index (χ4v) is 3.52. The molecule has 3 saturated carbocycles. The molecule has 0 N–H and O–H groups in total. The van der Waals surface area contributed by atoms with Gasteiger partial charge in [-0.05, 0) is 0 Å². The van der Waals surface area contributed by atoms with Gasteiger partial charge in [-0.15, -0.1) is 0 Å². The highest BCUT2D eigenvalue weighted by Crippen LogP contribution is 2.67. The minimum atomic E-state index is -0.144. The molecule has 0 aromatic carbocycles. The molecule has 56 valence electrons. The van der Waals surface area contributed by atoms with Crippen LogP contribution in [-0.4, -0.2) is 15.9 Å². The van der Waals surface area contributed by atoms with Gasteiger partial charge in [0.05, 0.1) is 0 Å². The molecule has 0 heterocycles. The van der Waals surface area contributed by atoms with Crippen molar-refractivity contribution in [1.82, 2.24) is 0 Å². The maximum Gasteiger partial charge on any atom is 0.303 e. The van der Waals surface area contributed by atoms with E-state index < -0.39 is 0 Å². The summed E-state index contributed by atoms with van der Waals surface area (Å²) < 4.78 is 5.49. The van der Waals surface area contributed by atoms with E-state index in [0.717, 1.165) is 19.3 Å². The Morgan fingerprint density at radius 1 is 1.50 bits per heavy atom. The Kier molecular flexibility index (Phi) is 1.05. The Bertz CT molecular complexity index is 180. The third-order valence-electron chi connectivity index (χ3n) is 2.28. The summed E-state index contributed by atoms with van der Waals surface area (Å²) >= 11 is 3.56. The van der Waals surface area contributed by atoms with Gasteiger partial charge in [0.1, 0.15) is 5.60 Å². The van der Waals surface area contributed by atoms with Gasteiger partial charge in [-0.2, -0.15) is 0 Å². The third-order valence-corrected chi connectivity index (χ3v) is 3.12. The fourth-order valence-electron chi connectivity index (χ4n) is 1.99. The molecule has 2 nitrogen and oxygen atoms in total. The van der Waals surface area contributed by atoms with E-state index in [2.05, 4.69) is 15.9 Å². The molecule has 3 fully saturated rings. The summed E-state index contributed by atoms with van der Waals surface area (Å²) in [5, 5.41) is 0. The third kappa shape index (κ3) is 0.729. The maximum absolute atomic E-state index is 10.5. The van der Waals surface area contributed by atoms with E-state index >= 15 is 0 Å². The molecule has 0 saturated heterocycles. The van der Waals surface area contributed by atoms with Crippen LogP contribution >= 0.6 is 15.9 Å². The van der Waals surface area contributed by atoms with Crippen molar-refractivity contribution in [1.29, 1.82) is 0 Å². The SMILES string of the molecule is CC(=O)OC12CC(Br)(C1)C2. The summed E-state index contributed by atoms with van der Waals surface area (Å²) in [5.74, 6) is -0.144. The molecular weight excluding hydrogens is 196 g/mol. The van der Waals surface area contributed by atoms with Crippen molar-refractivity contribution in [3.63, 3.8) is 0 Å². The second kappa shape index (κ2) is 1.58. The standard InChI is InChI=1S/C7H9BrO2/c1-5(9)10-7-2-6(8,3-7)4-7/h2-4H2,1H3. The zero-order valence-electron chi connectivity index (χ0n) is 5.82. The van der Waals surface area contributed by atoms with Crippen LogP contribution in [0.4, 0.5) is 0 Å². The number of carbonyl (C=O) groups excluding carboxylic acids is 1. The van der Waals surface area contributed by atoms with Crippen molar-refractivity contribution in [2.45, 2.75) is 36.1 Å². The lowest BCUT2D eigenvalue weighted by atomic mass is 9.52. The van der Waals surface area contributed by atoms with Crippen LogP contribution in [0.25, 0.3) is 0 Å². The molecule has 0 aliphatic heterocycles. The number of carbonyl (C=O) groups is 1. The number of hydrogen-bond acceptors (Lipinski definition) is 2. The highest BCUT2D eigenvalue weighted by molar-refractivity contribution is 9.10. The summed E-state index contributed by atoms with van der Waals surface area (Å²) in [7, 11) is 0. The number of halogens is 1. The minimum Gasteiger partial charge on any atom is -0.459 e. The number of esters is 1. The van der Waals surface area contributed by atoms with Gasteiger partial charge in [-0.25, -0.2) is 0 Å². The van der Waals surface area contributed by atoms with Crippen molar-refractivity contribution in [3.8, 4) is 0 Å². The first kappa shape index (κ1) is 6.65. The lowest BCUT2D eigenvalue weighted by Crippen LogP contribution is -2.70. The van der Waals surface area contributed by atoms with E-state index in [4.69, 9.17) is 4.74 Å². The van der Waals surface area contributed by atoms with E-state index in [1.54, 1.807) is 0 Å². The molecule has 3 heteroatoms. The summed E-state index contributed by atoms with van der Waals surface area (Å²) in [6, 6.07) is 0. The normalized spacial score (nSPS) is 49.0. The lowest BCUT2D eigenvalue weighted by molar-refractivity contribution is -0.208. The number of alkyl halides is 1. The van der Waals surface area contributed by atoms with Crippen molar-refractivity contribution < 1.29 is 9.53 Å². The monoisotopic (exact) mass is 204 g/mol. The van der Waals surface area contributed by atoms with E-state index in [1.165, 1.54) is 6.92 Å². The second-order valence-corrected chi connectivity index (χ2v) is 5.14. The van der Waals surface area contributed by atoms with E-state index in [0.29, 0.717) is 4.32 Å². The van der Waals surface area contributed by atoms with Gasteiger partial charge in [-0.3, -0.25) is 4.79 Å². The second-order valence-electron chi connectivity index (χ2n) is 3.46. The van der Waals surface area contributed by atoms with Crippen LogP contribution < -0.4 is 0 Å². The number of ether oxygens (including phenoxy) is 1. The number of rotatable bonds is 1. The average molecular weight is 205 g/mol. The Morgan fingerprint density at radius 2 is 2.00 bits per heavy atom. The zero-order valence-corrected chi connectivity index (χ0v) is 7.40. The molecule has 3 aliphatic carbocycles. The van der Waals surface area contributed by atoms with Crippen LogP contribution in [0.2, 0.25) is 0 Å². The van der Waals surface area contributed by atoms with Crippen LogP contribution in [0.15, 0.2) is 0 Å². The largest absolute Gasteiger partial charge is 0.459 e. The topological polar surface area (TPSA) is 26.3 Å². The number of hydrogen-bond donors (Lipinski definition) is 0. The van der Waals surface area contributed by atoms with Crippen LogP contribution in [0, 0.1) is 0 Å². The predicted octanol–water partition coefficient (Wildman–Crippen LogP) is 1.62. The van der Waals surface area contributed by atoms with Crippen molar-refractivity contribution in [2.75, 3.05) is 0 Å². The van der Waals surface area contributed by atoms with Crippen molar-refractivity contribution >= 4 is 21.9 Å². The molecule has 3 aliphatic rings. The molecule has 3 rings (SSSR count). The Morgan fingerprint density at radius 3 is 2.30 bits per heavy atom. The molecule has 0 amide bonds. The fraction of sp³-hybridized carbons (Fsp3) is 0.857. The van der Waals surface area contributed by atoms with Crippen LogP contribution in [-0.2, 0) is 9.53 Å². The van der Waals surface area contributed by atoms with Crippen LogP contribution in [0.1, 0.15) is 26.2 Å². The molecule has 0 unspecified atom stereocenters. The molecule has 0 aromatic rings. The molecule has 2 bridgehead atoms. The minimum absolute atomic E-state index is 0.0463. The van der Waals surface area contributed by atoms with Crippen molar-refractivity contribution in [2.24, 2.45) is 0 Å². The van der Waals surface area contributed by atoms with Gasteiger partial charge >= 0.3 is 5.97 Å². The van der Waals surface area contributed by atoms with Crippen LogP contribution in [0.5, 0.6) is 0 Å². The Hall–Kier alpha value is -0.0500. The van der Waals surface area contributed by atoms with E-state index in [1.807, 2.05) is 0 Å². The van der Waals surface area contributed by atoms with E-state index in [9.17, 15) is 4.79 Å². The summed E-state index contributed by atoms with van der Waals surface area (Å²) in [6.07, 6.45) is 3.04. The van der Waals surface area contributed by atoms with Gasteiger partial charge in [0, 0.05) is 30.5 Å². The smallest absolute Gasteiger partial charge is 0.303 e. The highest BCUT2D eigenvalue weighted by Gasteiger charge is 2.69. The molecule has 10 heavy (non-hydrogen) atoms. The van der Waals surface area contributed by atoms with Gasteiger partial charge in [0.15, 0.2) is 0 Å². The zero-order chi connectivity index (χ0) is 7.41. The highest BCUT2D eigenvalue weighted by atomic mass is 79.9. The first-order chi connectivity index (χ1) is 4.54. The summed E-state index contributed by atoms with van der Waals surface area (Å²) in [5.41, 5.74) is -0.0463.